The summed E-state index contributed by atoms with van der Waals surface area (Å²) in [5.41, 5.74) is 1.03. The Kier molecular flexibility index (Phi) is 4.75. The van der Waals surface area contributed by atoms with Crippen molar-refractivity contribution in [1.82, 2.24) is 0 Å². The van der Waals surface area contributed by atoms with Gasteiger partial charge in [0, 0.05) is 24.4 Å². The minimum atomic E-state index is -0.399. The molecule has 1 N–H and O–H groups in total. The Morgan fingerprint density at radius 2 is 1.81 bits per heavy atom. The molecule has 0 aromatic rings. The summed E-state index contributed by atoms with van der Waals surface area (Å²) in [4.78, 5) is 26.3. The number of aliphatic hydroxyl groups is 1. The highest BCUT2D eigenvalue weighted by Crippen LogP contribution is 2.68. The molecular formula is C28H37NO3. The van der Waals surface area contributed by atoms with Crippen LogP contribution in [0.1, 0.15) is 79.1 Å². The van der Waals surface area contributed by atoms with E-state index in [9.17, 15) is 20.0 Å². The standard InChI is InChI=1S/C28H37NO3/c1-25(2)9-10-28(16-30)8-6-19-24(20(28)14-25)22(32)12-23-26(19,3)7-5-18-11-21(31)17(15-29)13-27(18,23)4/h12-13,18-20,24,30H,5-11,14,16H2,1-4H3. The fourth-order valence-electron chi connectivity index (χ4n) is 8.80. The lowest BCUT2D eigenvalue weighted by molar-refractivity contribution is -0.151. The van der Waals surface area contributed by atoms with Crippen molar-refractivity contribution in [3.05, 3.63) is 23.3 Å². The number of rotatable bonds is 1. The molecule has 0 aromatic carbocycles. The predicted molar refractivity (Wildman–Crippen MR) is 122 cm³/mol. The average Bonchev–Trinajstić information content (AvgIpc) is 2.75. The lowest BCUT2D eigenvalue weighted by Gasteiger charge is -2.63. The van der Waals surface area contributed by atoms with Gasteiger partial charge < -0.3 is 5.11 Å². The third-order valence-corrected chi connectivity index (χ3v) is 10.8. The molecule has 7 atom stereocenters. The number of fused-ring (bicyclic) bond motifs is 7. The van der Waals surface area contributed by atoms with Gasteiger partial charge in [0.25, 0.3) is 0 Å². The smallest absolute Gasteiger partial charge is 0.173 e. The van der Waals surface area contributed by atoms with Crippen LogP contribution in [0.25, 0.3) is 0 Å². The Labute approximate surface area is 192 Å². The van der Waals surface area contributed by atoms with E-state index in [4.69, 9.17) is 0 Å². The molecule has 5 rings (SSSR count). The van der Waals surface area contributed by atoms with Crippen LogP contribution < -0.4 is 0 Å². The fourth-order valence-corrected chi connectivity index (χ4v) is 8.80. The van der Waals surface area contributed by atoms with Crippen molar-refractivity contribution in [2.45, 2.75) is 79.1 Å². The average molecular weight is 436 g/mol. The van der Waals surface area contributed by atoms with Crippen LogP contribution in [0.4, 0.5) is 0 Å². The molecule has 172 valence electrons. The number of carbonyl (C=O) groups excluding carboxylic acids is 2. The molecule has 7 unspecified atom stereocenters. The van der Waals surface area contributed by atoms with Gasteiger partial charge in [-0.3, -0.25) is 9.59 Å². The Morgan fingerprint density at radius 3 is 2.50 bits per heavy atom. The Morgan fingerprint density at radius 1 is 1.06 bits per heavy atom. The maximum atomic E-state index is 13.9. The lowest BCUT2D eigenvalue weighted by Crippen LogP contribution is -2.59. The van der Waals surface area contributed by atoms with Gasteiger partial charge in [0.15, 0.2) is 11.6 Å². The van der Waals surface area contributed by atoms with E-state index in [0.717, 1.165) is 44.9 Å². The van der Waals surface area contributed by atoms with Gasteiger partial charge in [-0.05, 0) is 85.0 Å². The van der Waals surface area contributed by atoms with Crippen LogP contribution in [0, 0.1) is 56.7 Å². The molecule has 4 nitrogen and oxygen atoms in total. The normalized spacial score (nSPS) is 47.1. The second-order valence-corrected chi connectivity index (χ2v) is 12.9. The molecule has 0 spiro atoms. The van der Waals surface area contributed by atoms with Crippen molar-refractivity contribution in [2.24, 2.45) is 45.3 Å². The zero-order chi connectivity index (χ0) is 23.1. The third kappa shape index (κ3) is 2.82. The first-order valence-corrected chi connectivity index (χ1v) is 12.5. The maximum absolute atomic E-state index is 13.9. The van der Waals surface area contributed by atoms with Crippen LogP contribution in [0.5, 0.6) is 0 Å². The Hall–Kier alpha value is -1.73. The lowest BCUT2D eigenvalue weighted by atomic mass is 9.40. The number of ketones is 2. The van der Waals surface area contributed by atoms with Gasteiger partial charge in [-0.1, -0.05) is 39.3 Å². The molecule has 0 bridgehead atoms. The minimum Gasteiger partial charge on any atom is -0.396 e. The second kappa shape index (κ2) is 6.89. The first kappa shape index (κ1) is 22.1. The van der Waals surface area contributed by atoms with Crippen molar-refractivity contribution < 1.29 is 14.7 Å². The van der Waals surface area contributed by atoms with Crippen LogP contribution in [0.3, 0.4) is 0 Å². The van der Waals surface area contributed by atoms with Crippen molar-refractivity contribution in [3.63, 3.8) is 0 Å². The van der Waals surface area contributed by atoms with E-state index < -0.39 is 5.41 Å². The molecule has 0 aliphatic heterocycles. The van der Waals surface area contributed by atoms with E-state index in [1.807, 2.05) is 12.2 Å². The summed E-state index contributed by atoms with van der Waals surface area (Å²) < 4.78 is 0. The molecule has 3 fully saturated rings. The number of nitrogens with zero attached hydrogens (tertiary/aromatic N) is 1. The van der Waals surface area contributed by atoms with Crippen molar-refractivity contribution in [3.8, 4) is 6.07 Å². The fraction of sp³-hybridized carbons (Fsp3) is 0.750. The number of allylic oxidation sites excluding steroid dienone is 4. The zero-order valence-electron chi connectivity index (χ0n) is 20.0. The molecule has 0 radical (unpaired) electrons. The molecule has 0 heterocycles. The van der Waals surface area contributed by atoms with Gasteiger partial charge in [-0.15, -0.1) is 0 Å². The SMILES string of the molecule is CC1(C)CCC2(CO)CCC3C(C(=O)C=C4C5(C)C=C(C#N)C(=O)CC5CCC43C)C2C1. The van der Waals surface area contributed by atoms with E-state index in [1.165, 1.54) is 5.57 Å². The van der Waals surface area contributed by atoms with Gasteiger partial charge in [0.2, 0.25) is 0 Å². The van der Waals surface area contributed by atoms with E-state index in [0.29, 0.717) is 6.42 Å². The minimum absolute atomic E-state index is 0.0194. The van der Waals surface area contributed by atoms with Crippen LogP contribution in [-0.4, -0.2) is 23.3 Å². The quantitative estimate of drug-likeness (QED) is 0.616. The molecule has 0 amide bonds. The number of carbonyl (C=O) groups is 2. The summed E-state index contributed by atoms with van der Waals surface area (Å²) >= 11 is 0. The van der Waals surface area contributed by atoms with Crippen LogP contribution in [-0.2, 0) is 9.59 Å². The summed E-state index contributed by atoms with van der Waals surface area (Å²) in [6.45, 7) is 9.32. The Balaban J connectivity index is 1.62. The van der Waals surface area contributed by atoms with Gasteiger partial charge in [-0.2, -0.15) is 5.26 Å². The summed E-state index contributed by atoms with van der Waals surface area (Å²) in [6.07, 6.45) is 11.3. The number of nitriles is 1. The summed E-state index contributed by atoms with van der Waals surface area (Å²) in [5.74, 6) is 0.852. The monoisotopic (exact) mass is 435 g/mol. The molecule has 4 heteroatoms. The number of hydrogen-bond acceptors (Lipinski definition) is 4. The topological polar surface area (TPSA) is 78.2 Å². The van der Waals surface area contributed by atoms with E-state index in [2.05, 4.69) is 33.8 Å². The summed E-state index contributed by atoms with van der Waals surface area (Å²) in [6, 6.07) is 2.12. The zero-order valence-corrected chi connectivity index (χ0v) is 20.0. The molecule has 32 heavy (non-hydrogen) atoms. The Bertz CT molecular complexity index is 983. The van der Waals surface area contributed by atoms with Crippen LogP contribution in [0.2, 0.25) is 0 Å². The molecule has 5 aliphatic rings. The van der Waals surface area contributed by atoms with Crippen molar-refractivity contribution in [1.29, 1.82) is 5.26 Å². The number of Topliss-reactive ketones (excluding diaryl/α,β-unsaturated/α-hetero) is 1. The number of hydrogen-bond donors (Lipinski definition) is 1. The van der Waals surface area contributed by atoms with Gasteiger partial charge in [-0.25, -0.2) is 0 Å². The highest BCUT2D eigenvalue weighted by molar-refractivity contribution is 6.01. The van der Waals surface area contributed by atoms with Crippen molar-refractivity contribution in [2.75, 3.05) is 6.61 Å². The van der Waals surface area contributed by atoms with Crippen LogP contribution >= 0.6 is 0 Å². The van der Waals surface area contributed by atoms with Crippen LogP contribution in [0.15, 0.2) is 23.3 Å². The van der Waals surface area contributed by atoms with Gasteiger partial charge in [0.05, 0.1) is 5.57 Å². The first-order chi connectivity index (χ1) is 15.0. The summed E-state index contributed by atoms with van der Waals surface area (Å²) in [7, 11) is 0. The van der Waals surface area contributed by atoms with Gasteiger partial charge in [0.1, 0.15) is 6.07 Å². The van der Waals surface area contributed by atoms with E-state index in [1.54, 1.807) is 0 Å². The largest absolute Gasteiger partial charge is 0.396 e. The summed E-state index contributed by atoms with van der Waals surface area (Å²) in [5, 5.41) is 20.1. The second-order valence-electron chi connectivity index (χ2n) is 12.9. The molecule has 0 saturated heterocycles. The molecule has 0 aromatic heterocycles. The molecule has 5 aliphatic carbocycles. The maximum Gasteiger partial charge on any atom is 0.173 e. The first-order valence-electron chi connectivity index (χ1n) is 12.5. The van der Waals surface area contributed by atoms with E-state index >= 15 is 0 Å². The highest BCUT2D eigenvalue weighted by Gasteiger charge is 2.63. The molecular weight excluding hydrogens is 398 g/mol. The van der Waals surface area contributed by atoms with Gasteiger partial charge >= 0.3 is 0 Å². The highest BCUT2D eigenvalue weighted by atomic mass is 16.3. The molecule has 3 saturated carbocycles. The number of aliphatic hydroxyl groups excluding tert-OH is 1. The predicted octanol–water partition coefficient (Wildman–Crippen LogP) is 5.17. The van der Waals surface area contributed by atoms with E-state index in [-0.39, 0.29) is 63.7 Å². The third-order valence-electron chi connectivity index (χ3n) is 10.8. The van der Waals surface area contributed by atoms with Crippen molar-refractivity contribution >= 4 is 11.6 Å².